The fourth-order valence-electron chi connectivity index (χ4n) is 3.89. The molecule has 2 aliphatic rings. The van der Waals surface area contributed by atoms with Gasteiger partial charge in [0.15, 0.2) is 0 Å². The molecule has 3 rings (SSSR count). The molecule has 1 heterocycles. The zero-order chi connectivity index (χ0) is 23.7. The molecule has 1 aliphatic heterocycles. The lowest BCUT2D eigenvalue weighted by Gasteiger charge is -2.30. The van der Waals surface area contributed by atoms with E-state index >= 15 is 0 Å². The lowest BCUT2D eigenvalue weighted by Crippen LogP contribution is -2.49. The smallest absolute Gasteiger partial charge is 0.335 e. The van der Waals surface area contributed by atoms with Crippen molar-refractivity contribution in [2.24, 2.45) is 0 Å². The van der Waals surface area contributed by atoms with E-state index in [1.54, 1.807) is 0 Å². The number of carbonyl (C=O) groups is 4. The van der Waals surface area contributed by atoms with Crippen LogP contribution in [0.2, 0.25) is 5.02 Å². The van der Waals surface area contributed by atoms with Crippen LogP contribution in [0.3, 0.4) is 0 Å². The second kappa shape index (κ2) is 8.97. The number of hydrogen-bond donors (Lipinski definition) is 2. The first kappa shape index (κ1) is 23.8. The van der Waals surface area contributed by atoms with Gasteiger partial charge in [-0.05, 0) is 31.0 Å². The molecule has 2 N–H and O–H groups in total. The van der Waals surface area contributed by atoms with E-state index in [1.807, 2.05) is 0 Å². The highest BCUT2D eigenvalue weighted by Gasteiger charge is 2.51. The van der Waals surface area contributed by atoms with E-state index in [-0.39, 0.29) is 5.69 Å². The quantitative estimate of drug-likeness (QED) is 0.641. The number of nitrogens with one attached hydrogen (secondary N) is 2. The van der Waals surface area contributed by atoms with Gasteiger partial charge in [0, 0.05) is 12.7 Å². The minimum absolute atomic E-state index is 0.138. The molecule has 0 bridgehead atoms. The molecule has 1 aromatic carbocycles. The molecule has 8 nitrogen and oxygen atoms in total. The van der Waals surface area contributed by atoms with Crippen molar-refractivity contribution in [3.63, 3.8) is 0 Å². The van der Waals surface area contributed by atoms with E-state index < -0.39 is 59.1 Å². The Morgan fingerprint density at radius 3 is 2.50 bits per heavy atom. The maximum atomic E-state index is 13.0. The SMILES string of the molecule is CN(CC(=O)Nc1ccc(Cl)c(C(F)(F)F)c1)C(=O)CN1C(=O)NC2(CCCCC2)C1=O. The van der Waals surface area contributed by atoms with Crippen LogP contribution in [0, 0.1) is 0 Å². The van der Waals surface area contributed by atoms with Gasteiger partial charge in [-0.25, -0.2) is 4.79 Å². The molecule has 0 atom stereocenters. The Kier molecular flexibility index (Phi) is 6.68. The Balaban J connectivity index is 1.58. The van der Waals surface area contributed by atoms with Gasteiger partial charge in [-0.3, -0.25) is 19.3 Å². The van der Waals surface area contributed by atoms with E-state index in [2.05, 4.69) is 10.6 Å². The third kappa shape index (κ3) is 4.98. The molecule has 1 aliphatic carbocycles. The molecule has 0 radical (unpaired) electrons. The predicted octanol–water partition coefficient (Wildman–Crippen LogP) is 3.01. The van der Waals surface area contributed by atoms with Crippen molar-refractivity contribution < 1.29 is 32.3 Å². The number of likely N-dealkylation sites (N-methyl/N-ethyl adjacent to an activating group) is 1. The maximum Gasteiger partial charge on any atom is 0.417 e. The van der Waals surface area contributed by atoms with Crippen LogP contribution >= 0.6 is 11.6 Å². The van der Waals surface area contributed by atoms with Crippen molar-refractivity contribution in [1.82, 2.24) is 15.1 Å². The van der Waals surface area contributed by atoms with E-state index in [4.69, 9.17) is 11.6 Å². The van der Waals surface area contributed by atoms with Gasteiger partial charge in [0.2, 0.25) is 11.8 Å². The summed E-state index contributed by atoms with van der Waals surface area (Å²) >= 11 is 5.55. The van der Waals surface area contributed by atoms with Gasteiger partial charge in [0.1, 0.15) is 12.1 Å². The number of rotatable bonds is 5. The summed E-state index contributed by atoms with van der Waals surface area (Å²) in [7, 11) is 1.29. The number of anilines is 1. The summed E-state index contributed by atoms with van der Waals surface area (Å²) in [5.74, 6) is -1.87. The molecule has 174 valence electrons. The number of hydrogen-bond acceptors (Lipinski definition) is 4. The van der Waals surface area contributed by atoms with Gasteiger partial charge in [-0.1, -0.05) is 30.9 Å². The first-order valence-electron chi connectivity index (χ1n) is 9.98. The van der Waals surface area contributed by atoms with Gasteiger partial charge >= 0.3 is 12.2 Å². The largest absolute Gasteiger partial charge is 0.417 e. The highest BCUT2D eigenvalue weighted by molar-refractivity contribution is 6.31. The van der Waals surface area contributed by atoms with Crippen LogP contribution in [0.5, 0.6) is 0 Å². The van der Waals surface area contributed by atoms with Crippen molar-refractivity contribution in [2.75, 3.05) is 25.5 Å². The van der Waals surface area contributed by atoms with Gasteiger partial charge in [-0.15, -0.1) is 0 Å². The van der Waals surface area contributed by atoms with Crippen molar-refractivity contribution in [3.8, 4) is 0 Å². The summed E-state index contributed by atoms with van der Waals surface area (Å²) in [6.07, 6.45) is -1.09. The van der Waals surface area contributed by atoms with Crippen LogP contribution in [0.1, 0.15) is 37.7 Å². The lowest BCUT2D eigenvalue weighted by molar-refractivity contribution is -0.139. The van der Waals surface area contributed by atoms with E-state index in [0.717, 1.165) is 35.1 Å². The number of benzene rings is 1. The maximum absolute atomic E-state index is 13.0. The lowest BCUT2D eigenvalue weighted by atomic mass is 9.82. The molecular weight excluding hydrogens is 453 g/mol. The topological polar surface area (TPSA) is 98.8 Å². The van der Waals surface area contributed by atoms with Crippen LogP contribution in [0.4, 0.5) is 23.7 Å². The molecule has 1 saturated heterocycles. The molecular formula is C20H22ClF3N4O4. The normalized spacial score (nSPS) is 18.0. The van der Waals surface area contributed by atoms with E-state index in [9.17, 15) is 32.3 Å². The minimum atomic E-state index is -4.69. The second-order valence-corrected chi connectivity index (χ2v) is 8.36. The van der Waals surface area contributed by atoms with Gasteiger partial charge in [0.05, 0.1) is 17.1 Å². The monoisotopic (exact) mass is 474 g/mol. The number of urea groups is 1. The summed E-state index contributed by atoms with van der Waals surface area (Å²) in [6, 6.07) is 2.25. The molecule has 2 fully saturated rings. The van der Waals surface area contributed by atoms with E-state index in [0.29, 0.717) is 18.9 Å². The Morgan fingerprint density at radius 2 is 1.88 bits per heavy atom. The fourth-order valence-corrected chi connectivity index (χ4v) is 4.12. The average molecular weight is 475 g/mol. The van der Waals surface area contributed by atoms with Crippen LogP contribution in [-0.2, 0) is 20.6 Å². The summed E-state index contributed by atoms with van der Waals surface area (Å²) in [5, 5.41) is 4.46. The first-order chi connectivity index (χ1) is 14.9. The Hall–Kier alpha value is -2.82. The third-order valence-corrected chi connectivity index (χ3v) is 5.94. The van der Waals surface area contributed by atoms with Crippen LogP contribution in [-0.4, -0.2) is 59.2 Å². The molecule has 1 aromatic rings. The van der Waals surface area contributed by atoms with E-state index in [1.165, 1.54) is 13.1 Å². The number of carbonyl (C=O) groups excluding carboxylic acids is 4. The summed E-state index contributed by atoms with van der Waals surface area (Å²) in [6.45, 7) is -1.02. The fraction of sp³-hybridized carbons (Fsp3) is 0.500. The number of amides is 5. The minimum Gasteiger partial charge on any atom is -0.335 e. The van der Waals surface area contributed by atoms with Crippen molar-refractivity contribution in [3.05, 3.63) is 28.8 Å². The summed E-state index contributed by atoms with van der Waals surface area (Å²) in [5.41, 5.74) is -2.20. The highest BCUT2D eigenvalue weighted by Crippen LogP contribution is 2.36. The van der Waals surface area contributed by atoms with Crippen molar-refractivity contribution in [2.45, 2.75) is 43.8 Å². The molecule has 32 heavy (non-hydrogen) atoms. The zero-order valence-electron chi connectivity index (χ0n) is 17.2. The van der Waals surface area contributed by atoms with Crippen LogP contribution in [0.15, 0.2) is 18.2 Å². The molecule has 0 aromatic heterocycles. The zero-order valence-corrected chi connectivity index (χ0v) is 18.0. The van der Waals surface area contributed by atoms with Gasteiger partial charge in [0.25, 0.3) is 5.91 Å². The molecule has 1 saturated carbocycles. The average Bonchev–Trinajstić information content (AvgIpc) is 2.92. The first-order valence-corrected chi connectivity index (χ1v) is 10.4. The number of imide groups is 1. The van der Waals surface area contributed by atoms with Gasteiger partial charge in [-0.2, -0.15) is 13.2 Å². The number of halogens is 4. The highest BCUT2D eigenvalue weighted by atomic mass is 35.5. The Bertz CT molecular complexity index is 947. The molecule has 5 amide bonds. The van der Waals surface area contributed by atoms with Crippen molar-refractivity contribution >= 4 is 41.0 Å². The second-order valence-electron chi connectivity index (χ2n) is 7.95. The number of nitrogens with zero attached hydrogens (tertiary/aromatic N) is 2. The molecule has 12 heteroatoms. The summed E-state index contributed by atoms with van der Waals surface area (Å²) in [4.78, 5) is 51.5. The van der Waals surface area contributed by atoms with Crippen LogP contribution in [0.25, 0.3) is 0 Å². The number of alkyl halides is 3. The third-order valence-electron chi connectivity index (χ3n) is 5.61. The van der Waals surface area contributed by atoms with Crippen LogP contribution < -0.4 is 10.6 Å². The molecule has 1 spiro atoms. The predicted molar refractivity (Wildman–Crippen MR) is 109 cm³/mol. The standard InChI is InChI=1S/C20H22ClF3N4O4/c1-27(10-15(29)25-12-5-6-14(21)13(9-12)20(22,23)24)16(30)11-28-17(31)19(26-18(28)32)7-3-2-4-8-19/h5-6,9H,2-4,7-8,10-11H2,1H3,(H,25,29)(H,26,32). The summed E-state index contributed by atoms with van der Waals surface area (Å²) < 4.78 is 38.9. The molecule has 0 unspecified atom stereocenters. The Morgan fingerprint density at radius 1 is 1.22 bits per heavy atom. The van der Waals surface area contributed by atoms with Crippen molar-refractivity contribution in [1.29, 1.82) is 0 Å². The van der Waals surface area contributed by atoms with Gasteiger partial charge < -0.3 is 15.5 Å². The Labute approximate surface area is 187 Å².